The van der Waals surface area contributed by atoms with Crippen LogP contribution in [0.5, 0.6) is 0 Å². The van der Waals surface area contributed by atoms with Gasteiger partial charge in [0.15, 0.2) is 5.82 Å². The molecule has 4 aromatic rings. The van der Waals surface area contributed by atoms with E-state index in [0.717, 1.165) is 42.1 Å². The van der Waals surface area contributed by atoms with E-state index in [1.807, 2.05) is 0 Å². The van der Waals surface area contributed by atoms with Crippen molar-refractivity contribution in [2.24, 2.45) is 0 Å². The molecular weight excluding hydrogens is 477 g/mol. The fourth-order valence-electron chi connectivity index (χ4n) is 3.92. The predicted octanol–water partition coefficient (Wildman–Crippen LogP) is 4.58. The molecule has 0 amide bonds. The number of benzene rings is 1. The van der Waals surface area contributed by atoms with Gasteiger partial charge in [-0.1, -0.05) is 6.07 Å². The molecule has 1 aliphatic rings. The van der Waals surface area contributed by atoms with Gasteiger partial charge in [-0.25, -0.2) is 27.8 Å². The van der Waals surface area contributed by atoms with Crippen molar-refractivity contribution in [2.75, 3.05) is 17.8 Å². The molecule has 5 rings (SSSR count). The first-order valence-corrected chi connectivity index (χ1v) is 13.1. The molecule has 1 saturated heterocycles. The molecule has 1 aliphatic heterocycles. The molecule has 0 atom stereocenters. The number of halogens is 1. The number of hydrogen-bond donors (Lipinski definition) is 2. The van der Waals surface area contributed by atoms with Gasteiger partial charge in [0, 0.05) is 17.7 Å². The van der Waals surface area contributed by atoms with Crippen LogP contribution in [0.15, 0.2) is 58.4 Å². The fraction of sp³-hybridized carbons (Fsp3) is 0.261. The Labute approximate surface area is 200 Å². The first kappa shape index (κ1) is 22.6. The number of sulfonamides is 1. The maximum absolute atomic E-state index is 15.7. The van der Waals surface area contributed by atoms with Gasteiger partial charge in [-0.3, -0.25) is 4.72 Å². The zero-order valence-electron chi connectivity index (χ0n) is 18.3. The molecule has 0 saturated carbocycles. The summed E-state index contributed by atoms with van der Waals surface area (Å²) in [5.74, 6) is 0.165. The predicted molar refractivity (Wildman–Crippen MR) is 128 cm³/mol. The lowest BCUT2D eigenvalue weighted by atomic mass is 9.99. The van der Waals surface area contributed by atoms with Crippen molar-refractivity contribution in [1.29, 1.82) is 0 Å². The Bertz CT molecular complexity index is 1410. The zero-order chi connectivity index (χ0) is 23.7. The number of thiazole rings is 1. The number of rotatable bonds is 6. The largest absolute Gasteiger partial charge is 0.471 e. The van der Waals surface area contributed by atoms with E-state index in [1.165, 1.54) is 29.7 Å². The maximum atomic E-state index is 15.7. The molecule has 11 heteroatoms. The molecule has 1 aromatic carbocycles. The zero-order valence-corrected chi connectivity index (χ0v) is 19.9. The Hall–Kier alpha value is -3.15. The Morgan fingerprint density at radius 2 is 2.00 bits per heavy atom. The second-order valence-corrected chi connectivity index (χ2v) is 10.7. The number of nitrogens with one attached hydrogen (secondary N) is 2. The number of hydrogen-bond acceptors (Lipinski definition) is 8. The number of furan rings is 1. The molecule has 4 heterocycles. The van der Waals surface area contributed by atoms with E-state index in [2.05, 4.69) is 20.0 Å². The van der Waals surface area contributed by atoms with E-state index in [0.29, 0.717) is 17.2 Å². The van der Waals surface area contributed by atoms with Gasteiger partial charge in [-0.15, -0.1) is 11.3 Å². The number of nitrogens with zero attached hydrogens (tertiary/aromatic N) is 3. The molecule has 34 heavy (non-hydrogen) atoms. The summed E-state index contributed by atoms with van der Waals surface area (Å²) < 4.78 is 48.2. The average Bonchev–Trinajstić information content (AvgIpc) is 3.52. The van der Waals surface area contributed by atoms with Gasteiger partial charge in [0.1, 0.15) is 17.0 Å². The van der Waals surface area contributed by atoms with Gasteiger partial charge in [0.25, 0.3) is 10.0 Å². The number of piperidine rings is 1. The molecule has 3 aromatic heterocycles. The third-order valence-electron chi connectivity index (χ3n) is 5.64. The molecule has 176 valence electrons. The van der Waals surface area contributed by atoms with Crippen LogP contribution in [0.2, 0.25) is 0 Å². The lowest BCUT2D eigenvalue weighted by Crippen LogP contribution is -2.26. The molecule has 8 nitrogen and oxygen atoms in total. The number of aromatic nitrogens is 3. The van der Waals surface area contributed by atoms with E-state index in [-0.39, 0.29) is 22.1 Å². The quantitative estimate of drug-likeness (QED) is 0.400. The monoisotopic (exact) mass is 499 g/mol. The highest BCUT2D eigenvalue weighted by atomic mass is 32.2. The van der Waals surface area contributed by atoms with Gasteiger partial charge < -0.3 is 9.73 Å². The highest BCUT2D eigenvalue weighted by Gasteiger charge is 2.26. The van der Waals surface area contributed by atoms with E-state index in [4.69, 9.17) is 9.40 Å². The van der Waals surface area contributed by atoms with Gasteiger partial charge in [-0.05, 0) is 57.1 Å². The summed E-state index contributed by atoms with van der Waals surface area (Å²) in [7, 11) is -4.00. The van der Waals surface area contributed by atoms with E-state index >= 15 is 4.39 Å². The summed E-state index contributed by atoms with van der Waals surface area (Å²) in [5, 5.41) is 4.27. The molecule has 0 bridgehead atoms. The summed E-state index contributed by atoms with van der Waals surface area (Å²) in [6, 6.07) is 7.66. The number of anilines is 1. The SMILES string of the molecule is Cc1nccc(-c2sc(C3CCNCC3)nc2-c2cccc(NS(=O)(=O)c3ccoc3)c2F)n1. The molecule has 0 unspecified atom stereocenters. The average molecular weight is 500 g/mol. The fourth-order valence-corrected chi connectivity index (χ4v) is 6.12. The first-order valence-electron chi connectivity index (χ1n) is 10.8. The van der Waals surface area contributed by atoms with Crippen LogP contribution in [0.1, 0.15) is 29.6 Å². The minimum absolute atomic E-state index is 0.0868. The van der Waals surface area contributed by atoms with Crippen molar-refractivity contribution in [2.45, 2.75) is 30.6 Å². The van der Waals surface area contributed by atoms with Gasteiger partial charge in [0.05, 0.1) is 33.2 Å². The third kappa shape index (κ3) is 4.46. The van der Waals surface area contributed by atoms with Crippen LogP contribution in [0.4, 0.5) is 10.1 Å². The summed E-state index contributed by atoms with van der Waals surface area (Å²) >= 11 is 1.50. The maximum Gasteiger partial charge on any atom is 0.265 e. The highest BCUT2D eigenvalue weighted by Crippen LogP contribution is 2.42. The van der Waals surface area contributed by atoms with Crippen LogP contribution >= 0.6 is 11.3 Å². The van der Waals surface area contributed by atoms with E-state index < -0.39 is 15.8 Å². The van der Waals surface area contributed by atoms with Crippen LogP contribution in [0.3, 0.4) is 0 Å². The van der Waals surface area contributed by atoms with Crippen LogP contribution in [-0.4, -0.2) is 36.5 Å². The Morgan fingerprint density at radius 1 is 1.18 bits per heavy atom. The molecule has 2 N–H and O–H groups in total. The minimum Gasteiger partial charge on any atom is -0.471 e. The number of aryl methyl sites for hydroxylation is 1. The summed E-state index contributed by atoms with van der Waals surface area (Å²) in [4.78, 5) is 14.2. The molecule has 0 aliphatic carbocycles. The molecule has 0 radical (unpaired) electrons. The van der Waals surface area contributed by atoms with E-state index in [1.54, 1.807) is 31.3 Å². The third-order valence-corrected chi connectivity index (χ3v) is 8.23. The normalized spacial score (nSPS) is 14.9. The van der Waals surface area contributed by atoms with Crippen molar-refractivity contribution in [3.63, 3.8) is 0 Å². The van der Waals surface area contributed by atoms with Crippen molar-refractivity contribution < 1.29 is 17.2 Å². The molecule has 0 spiro atoms. The van der Waals surface area contributed by atoms with Crippen LogP contribution in [0, 0.1) is 12.7 Å². The minimum atomic E-state index is -4.00. The summed E-state index contributed by atoms with van der Waals surface area (Å²) in [6.07, 6.45) is 5.89. The van der Waals surface area contributed by atoms with Crippen LogP contribution < -0.4 is 10.0 Å². The first-order chi connectivity index (χ1) is 16.4. The second-order valence-electron chi connectivity index (χ2n) is 7.97. The summed E-state index contributed by atoms with van der Waals surface area (Å²) in [5.41, 5.74) is 1.14. The van der Waals surface area contributed by atoms with Crippen molar-refractivity contribution in [1.82, 2.24) is 20.3 Å². The van der Waals surface area contributed by atoms with Crippen molar-refractivity contribution >= 4 is 27.0 Å². The molecule has 1 fully saturated rings. The highest BCUT2D eigenvalue weighted by molar-refractivity contribution is 7.92. The van der Waals surface area contributed by atoms with E-state index in [9.17, 15) is 8.42 Å². The lowest BCUT2D eigenvalue weighted by molar-refractivity contribution is 0.459. The van der Waals surface area contributed by atoms with Crippen LogP contribution in [-0.2, 0) is 10.0 Å². The topological polar surface area (TPSA) is 110 Å². The Morgan fingerprint density at radius 3 is 2.74 bits per heavy atom. The second kappa shape index (κ2) is 9.24. The van der Waals surface area contributed by atoms with Gasteiger partial charge in [-0.2, -0.15) is 0 Å². The van der Waals surface area contributed by atoms with Crippen LogP contribution in [0.25, 0.3) is 21.8 Å². The smallest absolute Gasteiger partial charge is 0.265 e. The summed E-state index contributed by atoms with van der Waals surface area (Å²) in [6.45, 7) is 3.60. The molecular formula is C23H22FN5O3S2. The van der Waals surface area contributed by atoms with Gasteiger partial charge in [0.2, 0.25) is 0 Å². The van der Waals surface area contributed by atoms with Gasteiger partial charge >= 0.3 is 0 Å². The Balaban J connectivity index is 1.60. The Kier molecular flexibility index (Phi) is 6.15. The van der Waals surface area contributed by atoms with Crippen molar-refractivity contribution in [3.8, 4) is 21.8 Å². The standard InChI is InChI=1S/C23H22FN5O3S2/c1-14-26-11-7-19(27-14)22-21(28-23(33-22)15-5-9-25-10-6-15)17-3-2-4-18(20(17)24)29-34(30,31)16-8-12-32-13-16/h2-4,7-8,11-13,15,25,29H,5-6,9-10H2,1H3. The van der Waals surface area contributed by atoms with Crippen molar-refractivity contribution in [3.05, 3.63) is 65.7 Å². The lowest BCUT2D eigenvalue weighted by Gasteiger charge is -2.20.